The number of morpholine rings is 1. The summed E-state index contributed by atoms with van der Waals surface area (Å²) in [5.74, 6) is 0.623. The minimum atomic E-state index is 0.598. The highest BCUT2D eigenvalue weighted by Crippen LogP contribution is 2.29. The minimum Gasteiger partial charge on any atom is -0.386 e. The topological polar surface area (TPSA) is 54.1 Å². The normalized spacial score (nSPS) is 17.9. The number of benzene rings is 2. The van der Waals surface area contributed by atoms with Gasteiger partial charge in [-0.2, -0.15) is 0 Å². The molecule has 5 heteroatoms. The molecule has 0 bridgehead atoms. The molecule has 2 aliphatic heterocycles. The van der Waals surface area contributed by atoms with E-state index in [1.807, 2.05) is 24.4 Å². The SMILES string of the molecule is NC1=NC=C(c2ccc(N3CCOCC3)cc2)N(c2ccccc2)C1. The molecule has 0 saturated carbocycles. The molecule has 2 aliphatic rings. The first kappa shape index (κ1) is 15.7. The van der Waals surface area contributed by atoms with Gasteiger partial charge >= 0.3 is 0 Å². The summed E-state index contributed by atoms with van der Waals surface area (Å²) < 4.78 is 5.43. The Morgan fingerprint density at radius 3 is 2.32 bits per heavy atom. The van der Waals surface area contributed by atoms with Gasteiger partial charge in [-0.3, -0.25) is 0 Å². The highest BCUT2D eigenvalue weighted by atomic mass is 16.5. The molecule has 4 rings (SSSR count). The van der Waals surface area contributed by atoms with Gasteiger partial charge in [0.2, 0.25) is 0 Å². The van der Waals surface area contributed by atoms with Crippen molar-refractivity contribution in [3.05, 3.63) is 66.4 Å². The molecule has 2 aromatic rings. The first-order valence-corrected chi connectivity index (χ1v) is 8.59. The van der Waals surface area contributed by atoms with E-state index < -0.39 is 0 Å². The number of hydrogen-bond donors (Lipinski definition) is 1. The minimum absolute atomic E-state index is 0.598. The molecule has 0 unspecified atom stereocenters. The molecular weight excluding hydrogens is 312 g/mol. The van der Waals surface area contributed by atoms with E-state index in [4.69, 9.17) is 10.5 Å². The smallest absolute Gasteiger partial charge is 0.119 e. The summed E-state index contributed by atoms with van der Waals surface area (Å²) in [4.78, 5) is 8.89. The molecule has 0 spiro atoms. The number of ether oxygens (including phenoxy) is 1. The number of nitrogens with zero attached hydrogens (tertiary/aromatic N) is 3. The predicted octanol–water partition coefficient (Wildman–Crippen LogP) is 2.70. The van der Waals surface area contributed by atoms with Gasteiger partial charge in [-0.25, -0.2) is 4.99 Å². The van der Waals surface area contributed by atoms with Crippen LogP contribution in [0.15, 0.2) is 65.8 Å². The Kier molecular flexibility index (Phi) is 4.39. The van der Waals surface area contributed by atoms with E-state index in [9.17, 15) is 0 Å². The van der Waals surface area contributed by atoms with E-state index in [0.29, 0.717) is 12.4 Å². The molecule has 0 aromatic heterocycles. The number of para-hydroxylation sites is 1. The zero-order valence-electron chi connectivity index (χ0n) is 14.1. The second-order valence-electron chi connectivity index (χ2n) is 6.20. The molecule has 128 valence electrons. The van der Waals surface area contributed by atoms with Crippen molar-refractivity contribution in [2.75, 3.05) is 42.6 Å². The van der Waals surface area contributed by atoms with Gasteiger partial charge in [0.1, 0.15) is 5.84 Å². The Hall–Kier alpha value is -2.79. The standard InChI is InChI=1S/C20H22N4O/c21-20-15-24(18-4-2-1-3-5-18)19(14-22-20)16-6-8-17(9-7-16)23-10-12-25-13-11-23/h1-9,14H,10-13,15H2,(H2,21,22). The summed E-state index contributed by atoms with van der Waals surface area (Å²) in [6.45, 7) is 4.07. The van der Waals surface area contributed by atoms with E-state index in [0.717, 1.165) is 43.3 Å². The van der Waals surface area contributed by atoms with Crippen molar-refractivity contribution < 1.29 is 4.74 Å². The Morgan fingerprint density at radius 2 is 1.60 bits per heavy atom. The highest BCUT2D eigenvalue weighted by molar-refractivity contribution is 5.95. The molecule has 2 N–H and O–H groups in total. The van der Waals surface area contributed by atoms with Crippen LogP contribution >= 0.6 is 0 Å². The predicted molar refractivity (Wildman–Crippen MR) is 103 cm³/mol. The van der Waals surface area contributed by atoms with E-state index in [2.05, 4.69) is 51.2 Å². The first-order valence-electron chi connectivity index (χ1n) is 8.59. The maximum atomic E-state index is 5.97. The van der Waals surface area contributed by atoms with E-state index in [1.54, 1.807) is 0 Å². The Bertz CT molecular complexity index is 777. The van der Waals surface area contributed by atoms with Crippen molar-refractivity contribution in [1.29, 1.82) is 0 Å². The summed E-state index contributed by atoms with van der Waals surface area (Å²) in [6.07, 6.45) is 1.86. The zero-order chi connectivity index (χ0) is 17.1. The van der Waals surface area contributed by atoms with Crippen LogP contribution in [0.3, 0.4) is 0 Å². The number of aliphatic imine (C=N–C) groups is 1. The molecule has 1 saturated heterocycles. The van der Waals surface area contributed by atoms with Crippen LogP contribution in [0.2, 0.25) is 0 Å². The van der Waals surface area contributed by atoms with Crippen molar-refractivity contribution in [1.82, 2.24) is 0 Å². The summed E-state index contributed by atoms with van der Waals surface area (Å²) >= 11 is 0. The van der Waals surface area contributed by atoms with Gasteiger partial charge in [0.25, 0.3) is 0 Å². The van der Waals surface area contributed by atoms with Crippen molar-refractivity contribution >= 4 is 22.9 Å². The van der Waals surface area contributed by atoms with Crippen LogP contribution in [0.25, 0.3) is 5.70 Å². The first-order chi connectivity index (χ1) is 12.3. The fraction of sp³-hybridized carbons (Fsp3) is 0.250. The molecular formula is C20H22N4O. The second-order valence-corrected chi connectivity index (χ2v) is 6.20. The maximum Gasteiger partial charge on any atom is 0.119 e. The van der Waals surface area contributed by atoms with E-state index in [1.165, 1.54) is 5.69 Å². The lowest BCUT2D eigenvalue weighted by atomic mass is 10.1. The van der Waals surface area contributed by atoms with Crippen LogP contribution in [-0.2, 0) is 4.74 Å². The fourth-order valence-electron chi connectivity index (χ4n) is 3.23. The van der Waals surface area contributed by atoms with Gasteiger partial charge < -0.3 is 20.3 Å². The Labute approximate surface area is 148 Å². The fourth-order valence-corrected chi connectivity index (χ4v) is 3.23. The summed E-state index contributed by atoms with van der Waals surface area (Å²) in [5.41, 5.74) is 10.5. The van der Waals surface area contributed by atoms with E-state index in [-0.39, 0.29) is 0 Å². The van der Waals surface area contributed by atoms with Gasteiger partial charge in [0.15, 0.2) is 0 Å². The molecule has 1 fully saturated rings. The number of rotatable bonds is 3. The van der Waals surface area contributed by atoms with Crippen LogP contribution in [0.5, 0.6) is 0 Å². The monoisotopic (exact) mass is 334 g/mol. The maximum absolute atomic E-state index is 5.97. The molecule has 2 heterocycles. The van der Waals surface area contributed by atoms with Gasteiger partial charge in [-0.05, 0) is 29.8 Å². The van der Waals surface area contributed by atoms with Gasteiger partial charge in [0, 0.05) is 24.5 Å². The third-order valence-electron chi connectivity index (χ3n) is 4.57. The second kappa shape index (κ2) is 6.99. The lowest BCUT2D eigenvalue weighted by molar-refractivity contribution is 0.122. The summed E-state index contributed by atoms with van der Waals surface area (Å²) in [6, 6.07) is 18.9. The van der Waals surface area contributed by atoms with E-state index >= 15 is 0 Å². The summed E-state index contributed by atoms with van der Waals surface area (Å²) in [5, 5.41) is 0. The summed E-state index contributed by atoms with van der Waals surface area (Å²) in [7, 11) is 0. The van der Waals surface area contributed by atoms with Crippen molar-refractivity contribution in [3.8, 4) is 0 Å². The quantitative estimate of drug-likeness (QED) is 0.938. The highest BCUT2D eigenvalue weighted by Gasteiger charge is 2.19. The molecule has 0 atom stereocenters. The van der Waals surface area contributed by atoms with Crippen LogP contribution in [0.4, 0.5) is 11.4 Å². The molecule has 0 amide bonds. The molecule has 25 heavy (non-hydrogen) atoms. The Morgan fingerprint density at radius 1 is 0.880 bits per heavy atom. The lowest BCUT2D eigenvalue weighted by Gasteiger charge is -2.31. The van der Waals surface area contributed by atoms with Crippen LogP contribution in [0, 0.1) is 0 Å². The average molecular weight is 334 g/mol. The lowest BCUT2D eigenvalue weighted by Crippen LogP contribution is -2.36. The van der Waals surface area contributed by atoms with Gasteiger partial charge in [-0.1, -0.05) is 30.3 Å². The third-order valence-corrected chi connectivity index (χ3v) is 4.57. The molecule has 0 aliphatic carbocycles. The van der Waals surface area contributed by atoms with Crippen molar-refractivity contribution in [2.45, 2.75) is 0 Å². The van der Waals surface area contributed by atoms with Gasteiger partial charge in [-0.15, -0.1) is 0 Å². The van der Waals surface area contributed by atoms with Gasteiger partial charge in [0.05, 0.1) is 31.7 Å². The number of nitrogens with two attached hydrogens (primary N) is 1. The number of anilines is 2. The van der Waals surface area contributed by atoms with Crippen LogP contribution in [-0.4, -0.2) is 38.7 Å². The number of hydrogen-bond acceptors (Lipinski definition) is 5. The van der Waals surface area contributed by atoms with Crippen LogP contribution in [0.1, 0.15) is 5.56 Å². The van der Waals surface area contributed by atoms with Crippen molar-refractivity contribution in [3.63, 3.8) is 0 Å². The number of amidine groups is 1. The average Bonchev–Trinajstić information content (AvgIpc) is 2.69. The molecule has 0 radical (unpaired) electrons. The largest absolute Gasteiger partial charge is 0.386 e. The Balaban J connectivity index is 1.62. The third kappa shape index (κ3) is 3.37. The van der Waals surface area contributed by atoms with Crippen LogP contribution < -0.4 is 15.5 Å². The zero-order valence-corrected chi connectivity index (χ0v) is 14.1. The van der Waals surface area contributed by atoms with Crippen molar-refractivity contribution in [2.24, 2.45) is 10.7 Å². The molecule has 5 nitrogen and oxygen atoms in total. The molecule has 2 aromatic carbocycles.